The van der Waals surface area contributed by atoms with Crippen molar-refractivity contribution in [3.05, 3.63) is 34.9 Å². The van der Waals surface area contributed by atoms with Crippen LogP contribution >= 0.6 is 7.60 Å². The number of carbonyl (C=O) groups excluding carboxylic acids is 1. The molecule has 24 heavy (non-hydrogen) atoms. The Balaban J connectivity index is 4.55. The average Bonchev–Trinajstić information content (AvgIpc) is 2.34. The smallest absolute Gasteiger partial charge is 0.327 e. The van der Waals surface area contributed by atoms with Crippen molar-refractivity contribution in [1.29, 1.82) is 0 Å². The molecule has 6 heteroatoms. The van der Waals surface area contributed by atoms with Crippen LogP contribution in [0.1, 0.15) is 60.3 Å². The number of rotatable bonds is 10. The summed E-state index contributed by atoms with van der Waals surface area (Å²) in [6.07, 6.45) is 9.57. The Labute approximate surface area is 146 Å². The van der Waals surface area contributed by atoms with E-state index in [4.69, 9.17) is 9.79 Å². The molecule has 0 saturated carbocycles. The number of hydrogen-bond acceptors (Lipinski definition) is 2. The van der Waals surface area contributed by atoms with Gasteiger partial charge in [-0.25, -0.2) is 0 Å². The van der Waals surface area contributed by atoms with Crippen LogP contribution in [0.15, 0.2) is 34.9 Å². The molecule has 0 heterocycles. The minimum absolute atomic E-state index is 0.299. The molecule has 1 amide bonds. The van der Waals surface area contributed by atoms with E-state index in [2.05, 4.69) is 38.2 Å². The largest absolute Gasteiger partial charge is 0.349 e. The molecule has 1 unspecified atom stereocenters. The van der Waals surface area contributed by atoms with E-state index in [0.717, 1.165) is 31.3 Å². The Kier molecular flexibility index (Phi) is 10.9. The van der Waals surface area contributed by atoms with Gasteiger partial charge >= 0.3 is 7.60 Å². The maximum Gasteiger partial charge on any atom is 0.327 e. The zero-order valence-electron chi connectivity index (χ0n) is 15.5. The predicted octanol–water partition coefficient (Wildman–Crippen LogP) is 4.09. The minimum Gasteiger partial charge on any atom is -0.349 e. The van der Waals surface area contributed by atoms with Crippen molar-refractivity contribution >= 4 is 13.5 Å². The number of allylic oxidation sites excluding steroid dienone is 5. The number of amides is 1. The third kappa shape index (κ3) is 14.4. The first-order valence-electron chi connectivity index (χ1n) is 8.27. The van der Waals surface area contributed by atoms with E-state index in [1.165, 1.54) is 18.1 Å². The summed E-state index contributed by atoms with van der Waals surface area (Å²) in [6.45, 7) is 9.56. The quantitative estimate of drug-likeness (QED) is 0.406. The van der Waals surface area contributed by atoms with Crippen LogP contribution in [0, 0.1) is 0 Å². The van der Waals surface area contributed by atoms with Crippen molar-refractivity contribution < 1.29 is 19.1 Å². The lowest BCUT2D eigenvalue weighted by Crippen LogP contribution is -2.34. The van der Waals surface area contributed by atoms with E-state index in [1.807, 2.05) is 6.92 Å². The highest BCUT2D eigenvalue weighted by Crippen LogP contribution is 2.35. The maximum atomic E-state index is 11.2. The molecule has 0 bridgehead atoms. The molecule has 0 aliphatic carbocycles. The van der Waals surface area contributed by atoms with Crippen molar-refractivity contribution in [3.8, 4) is 0 Å². The van der Waals surface area contributed by atoms with E-state index >= 15 is 0 Å². The van der Waals surface area contributed by atoms with Gasteiger partial charge in [0.2, 0.25) is 5.91 Å². The first-order chi connectivity index (χ1) is 11.0. The van der Waals surface area contributed by atoms with Crippen LogP contribution < -0.4 is 5.32 Å². The summed E-state index contributed by atoms with van der Waals surface area (Å²) >= 11 is 0. The Hall–Kier alpha value is -1.16. The fourth-order valence-electron chi connectivity index (χ4n) is 2.32. The normalized spacial score (nSPS) is 14.3. The molecule has 0 aromatic heterocycles. The molecule has 5 nitrogen and oxygen atoms in total. The highest BCUT2D eigenvalue weighted by molar-refractivity contribution is 7.51. The van der Waals surface area contributed by atoms with Gasteiger partial charge in [-0.2, -0.15) is 0 Å². The Morgan fingerprint density at radius 3 is 2.04 bits per heavy atom. The highest BCUT2D eigenvalue weighted by atomic mass is 31.2. The third-order valence-corrected chi connectivity index (χ3v) is 4.30. The monoisotopic (exact) mass is 357 g/mol. The Morgan fingerprint density at radius 1 is 1.00 bits per heavy atom. The van der Waals surface area contributed by atoms with Crippen LogP contribution in [-0.4, -0.2) is 27.9 Å². The van der Waals surface area contributed by atoms with Crippen LogP contribution in [0.2, 0.25) is 0 Å². The summed E-state index contributed by atoms with van der Waals surface area (Å²) in [5.41, 5.74) is 3.68. The average molecular weight is 357 g/mol. The minimum atomic E-state index is -4.17. The molecular weight excluding hydrogens is 325 g/mol. The molecule has 0 aliphatic heterocycles. The summed E-state index contributed by atoms with van der Waals surface area (Å²) in [7, 11) is -4.17. The lowest BCUT2D eigenvalue weighted by atomic mass is 10.1. The van der Waals surface area contributed by atoms with Crippen molar-refractivity contribution in [2.45, 2.75) is 66.3 Å². The van der Waals surface area contributed by atoms with Gasteiger partial charge in [-0.15, -0.1) is 0 Å². The molecule has 138 valence electrons. The Bertz CT molecular complexity index is 539. The van der Waals surface area contributed by atoms with Gasteiger partial charge in [-0.3, -0.25) is 9.36 Å². The predicted molar refractivity (Wildman–Crippen MR) is 99.9 cm³/mol. The molecule has 0 fully saturated rings. The standard InChI is InChI=1S/C18H32NO4P/c1-14(2)8-6-9-15(3)10-7-11-16(4)12-18(19-17(5)20)13-24(21,22)23/h8,10,12,18H,6-7,9,11,13H2,1-5H3,(H,19,20)(H2,21,22,23). The van der Waals surface area contributed by atoms with Crippen LogP contribution in [0.3, 0.4) is 0 Å². The third-order valence-electron chi connectivity index (χ3n) is 3.43. The number of carbonyl (C=O) groups is 1. The van der Waals surface area contributed by atoms with Gasteiger partial charge in [0.05, 0.1) is 12.2 Å². The van der Waals surface area contributed by atoms with E-state index in [1.54, 1.807) is 6.08 Å². The molecule has 0 aromatic carbocycles. The second-order valence-electron chi connectivity index (χ2n) is 6.58. The Morgan fingerprint density at radius 2 is 1.54 bits per heavy atom. The fourth-order valence-corrected chi connectivity index (χ4v) is 3.03. The lowest BCUT2D eigenvalue weighted by molar-refractivity contribution is -0.119. The lowest BCUT2D eigenvalue weighted by Gasteiger charge is -2.16. The van der Waals surface area contributed by atoms with E-state index in [-0.39, 0.29) is 12.1 Å². The van der Waals surface area contributed by atoms with Crippen molar-refractivity contribution in [1.82, 2.24) is 5.32 Å². The molecule has 1 atom stereocenters. The maximum absolute atomic E-state index is 11.2. The van der Waals surface area contributed by atoms with E-state index < -0.39 is 13.6 Å². The number of nitrogens with one attached hydrogen (secondary N) is 1. The van der Waals surface area contributed by atoms with Gasteiger partial charge in [0.15, 0.2) is 0 Å². The molecule has 0 rings (SSSR count). The summed E-state index contributed by atoms with van der Waals surface area (Å²) in [5.74, 6) is -0.299. The summed E-state index contributed by atoms with van der Waals surface area (Å²) in [6, 6.07) is -0.633. The van der Waals surface area contributed by atoms with E-state index in [0.29, 0.717) is 0 Å². The van der Waals surface area contributed by atoms with Gasteiger partial charge in [0.1, 0.15) is 0 Å². The highest BCUT2D eigenvalue weighted by Gasteiger charge is 2.20. The van der Waals surface area contributed by atoms with Crippen LogP contribution in [0.5, 0.6) is 0 Å². The summed E-state index contributed by atoms with van der Waals surface area (Å²) < 4.78 is 11.2. The van der Waals surface area contributed by atoms with Crippen LogP contribution in [0.25, 0.3) is 0 Å². The molecule has 3 N–H and O–H groups in total. The summed E-state index contributed by atoms with van der Waals surface area (Å²) in [4.78, 5) is 29.4. The molecule has 0 aromatic rings. The second kappa shape index (κ2) is 11.4. The molecule has 0 spiro atoms. The molecular formula is C18H32NO4P. The van der Waals surface area contributed by atoms with Gasteiger partial charge in [-0.1, -0.05) is 34.9 Å². The van der Waals surface area contributed by atoms with Crippen LogP contribution in [0.4, 0.5) is 0 Å². The zero-order chi connectivity index (χ0) is 18.8. The first kappa shape index (κ1) is 22.8. The fraction of sp³-hybridized carbons (Fsp3) is 0.611. The topological polar surface area (TPSA) is 86.6 Å². The zero-order valence-corrected chi connectivity index (χ0v) is 16.4. The van der Waals surface area contributed by atoms with Gasteiger partial charge in [-0.05, 0) is 53.4 Å². The van der Waals surface area contributed by atoms with Gasteiger partial charge < -0.3 is 15.1 Å². The second-order valence-corrected chi connectivity index (χ2v) is 8.27. The first-order valence-corrected chi connectivity index (χ1v) is 10.1. The van der Waals surface area contributed by atoms with Gasteiger partial charge in [0, 0.05) is 6.92 Å². The van der Waals surface area contributed by atoms with E-state index in [9.17, 15) is 9.36 Å². The number of hydrogen-bond donors (Lipinski definition) is 3. The van der Waals surface area contributed by atoms with Crippen LogP contribution in [-0.2, 0) is 9.36 Å². The van der Waals surface area contributed by atoms with Gasteiger partial charge in [0.25, 0.3) is 0 Å². The SMILES string of the molecule is CC(=O)NC(C=C(C)CCC=C(C)CCC=C(C)C)CP(=O)(O)O. The molecule has 0 radical (unpaired) electrons. The van der Waals surface area contributed by atoms with Crippen molar-refractivity contribution in [2.75, 3.05) is 6.16 Å². The van der Waals surface area contributed by atoms with Crippen molar-refractivity contribution in [3.63, 3.8) is 0 Å². The molecule has 0 aliphatic rings. The summed E-state index contributed by atoms with van der Waals surface area (Å²) in [5, 5.41) is 2.58. The molecule has 0 saturated heterocycles. The van der Waals surface area contributed by atoms with Crippen molar-refractivity contribution in [2.24, 2.45) is 0 Å².